The largest absolute Gasteiger partial charge is 0.349 e. The summed E-state index contributed by atoms with van der Waals surface area (Å²) in [6.07, 6.45) is 5.78. The molecule has 66 valence electrons. The van der Waals surface area contributed by atoms with Gasteiger partial charge in [-0.25, -0.2) is 4.98 Å². The molecule has 1 heterocycles. The summed E-state index contributed by atoms with van der Waals surface area (Å²) in [5.74, 6) is 2.55. The number of aromatic amines is 1. The van der Waals surface area contributed by atoms with Gasteiger partial charge >= 0.3 is 0 Å². The van der Waals surface area contributed by atoms with E-state index in [1.807, 2.05) is 6.20 Å². The Balaban J connectivity index is 1.87. The molecule has 0 saturated heterocycles. The summed E-state index contributed by atoms with van der Waals surface area (Å²) >= 11 is 6.20. The molecular weight excluding hydrogens is 172 g/mol. The van der Waals surface area contributed by atoms with Gasteiger partial charge in [-0.05, 0) is 18.3 Å². The standard InChI is InChI=1S/C9H13ClN2/c1-6-4-7(6)8(10)5-9-11-2-3-12-9/h2-3,6-8H,4-5H2,1H3,(H,11,12). The van der Waals surface area contributed by atoms with Crippen LogP contribution in [0, 0.1) is 11.8 Å². The highest BCUT2D eigenvalue weighted by Crippen LogP contribution is 2.43. The SMILES string of the molecule is CC1CC1C(Cl)Cc1ncc[nH]1. The fourth-order valence-corrected chi connectivity index (χ4v) is 2.10. The summed E-state index contributed by atoms with van der Waals surface area (Å²) in [4.78, 5) is 7.22. The molecule has 0 spiro atoms. The van der Waals surface area contributed by atoms with E-state index >= 15 is 0 Å². The smallest absolute Gasteiger partial charge is 0.107 e. The molecule has 3 heteroatoms. The van der Waals surface area contributed by atoms with Crippen LogP contribution in [0.15, 0.2) is 12.4 Å². The molecule has 2 rings (SSSR count). The Morgan fingerprint density at radius 2 is 2.58 bits per heavy atom. The highest BCUT2D eigenvalue weighted by molar-refractivity contribution is 6.21. The van der Waals surface area contributed by atoms with E-state index < -0.39 is 0 Å². The predicted octanol–water partition coefficient (Wildman–Crippen LogP) is 2.22. The van der Waals surface area contributed by atoms with Crippen molar-refractivity contribution in [3.63, 3.8) is 0 Å². The molecule has 3 atom stereocenters. The van der Waals surface area contributed by atoms with Gasteiger partial charge in [0, 0.05) is 24.2 Å². The van der Waals surface area contributed by atoms with Crippen LogP contribution in [-0.4, -0.2) is 15.3 Å². The number of alkyl halides is 1. The van der Waals surface area contributed by atoms with E-state index in [1.54, 1.807) is 6.20 Å². The fraction of sp³-hybridized carbons (Fsp3) is 0.667. The van der Waals surface area contributed by atoms with Crippen LogP contribution in [0.4, 0.5) is 0 Å². The maximum absolute atomic E-state index is 6.20. The maximum Gasteiger partial charge on any atom is 0.107 e. The Morgan fingerprint density at radius 1 is 1.83 bits per heavy atom. The van der Waals surface area contributed by atoms with Gasteiger partial charge < -0.3 is 4.98 Å². The Hall–Kier alpha value is -0.500. The molecule has 1 saturated carbocycles. The van der Waals surface area contributed by atoms with Crippen molar-refractivity contribution in [3.8, 4) is 0 Å². The quantitative estimate of drug-likeness (QED) is 0.718. The van der Waals surface area contributed by atoms with Crippen LogP contribution in [0.2, 0.25) is 0 Å². The molecule has 1 aromatic rings. The molecule has 2 nitrogen and oxygen atoms in total. The minimum Gasteiger partial charge on any atom is -0.349 e. The van der Waals surface area contributed by atoms with Gasteiger partial charge in [-0.1, -0.05) is 6.92 Å². The molecule has 0 aliphatic heterocycles. The average molecular weight is 185 g/mol. The third kappa shape index (κ3) is 1.63. The molecule has 12 heavy (non-hydrogen) atoms. The van der Waals surface area contributed by atoms with Crippen molar-refractivity contribution < 1.29 is 0 Å². The highest BCUT2D eigenvalue weighted by Gasteiger charge is 2.38. The third-order valence-electron chi connectivity index (χ3n) is 2.58. The van der Waals surface area contributed by atoms with Crippen molar-refractivity contribution in [2.45, 2.75) is 25.1 Å². The second kappa shape index (κ2) is 3.09. The van der Waals surface area contributed by atoms with Crippen LogP contribution >= 0.6 is 11.6 Å². The van der Waals surface area contributed by atoms with Crippen molar-refractivity contribution in [1.29, 1.82) is 0 Å². The van der Waals surface area contributed by atoms with Crippen molar-refractivity contribution in [2.24, 2.45) is 11.8 Å². The molecule has 1 aliphatic carbocycles. The van der Waals surface area contributed by atoms with Gasteiger partial charge in [0.15, 0.2) is 0 Å². The first-order chi connectivity index (χ1) is 5.77. The van der Waals surface area contributed by atoms with Gasteiger partial charge in [-0.2, -0.15) is 0 Å². The molecule has 0 bridgehead atoms. The number of hydrogen-bond donors (Lipinski definition) is 1. The summed E-state index contributed by atoms with van der Waals surface area (Å²) < 4.78 is 0. The minimum absolute atomic E-state index is 0.270. The van der Waals surface area contributed by atoms with Crippen LogP contribution in [0.25, 0.3) is 0 Å². The van der Waals surface area contributed by atoms with Crippen LogP contribution < -0.4 is 0 Å². The summed E-state index contributed by atoms with van der Waals surface area (Å²) in [5.41, 5.74) is 0. The van der Waals surface area contributed by atoms with Gasteiger partial charge in [0.2, 0.25) is 0 Å². The van der Waals surface area contributed by atoms with Gasteiger partial charge in [-0.15, -0.1) is 11.6 Å². The molecule has 1 N–H and O–H groups in total. The van der Waals surface area contributed by atoms with Crippen molar-refractivity contribution in [2.75, 3.05) is 0 Å². The number of nitrogens with zero attached hydrogens (tertiary/aromatic N) is 1. The number of nitrogens with one attached hydrogen (secondary N) is 1. The van der Waals surface area contributed by atoms with E-state index in [4.69, 9.17) is 11.6 Å². The monoisotopic (exact) mass is 184 g/mol. The zero-order valence-corrected chi connectivity index (χ0v) is 7.88. The van der Waals surface area contributed by atoms with Gasteiger partial charge in [0.1, 0.15) is 5.82 Å². The summed E-state index contributed by atoms with van der Waals surface area (Å²) in [6.45, 7) is 2.25. The van der Waals surface area contributed by atoms with Gasteiger partial charge in [0.25, 0.3) is 0 Å². The topological polar surface area (TPSA) is 28.7 Å². The Bertz CT molecular complexity index is 245. The number of hydrogen-bond acceptors (Lipinski definition) is 1. The van der Waals surface area contributed by atoms with Gasteiger partial charge in [-0.3, -0.25) is 0 Å². The minimum atomic E-state index is 0.270. The van der Waals surface area contributed by atoms with Crippen LogP contribution in [0.1, 0.15) is 19.2 Å². The second-order valence-corrected chi connectivity index (χ2v) is 4.19. The van der Waals surface area contributed by atoms with E-state index in [2.05, 4.69) is 16.9 Å². The molecule has 1 fully saturated rings. The van der Waals surface area contributed by atoms with Crippen molar-refractivity contribution >= 4 is 11.6 Å². The lowest BCUT2D eigenvalue weighted by atomic mass is 10.2. The molecule has 1 aliphatic rings. The van der Waals surface area contributed by atoms with Gasteiger partial charge in [0.05, 0.1) is 0 Å². The van der Waals surface area contributed by atoms with E-state index in [-0.39, 0.29) is 5.38 Å². The third-order valence-corrected chi connectivity index (χ3v) is 3.06. The zero-order valence-electron chi connectivity index (χ0n) is 7.13. The van der Waals surface area contributed by atoms with Crippen LogP contribution in [-0.2, 0) is 6.42 Å². The lowest BCUT2D eigenvalue weighted by molar-refractivity contribution is 0.667. The number of halogens is 1. The second-order valence-electron chi connectivity index (χ2n) is 3.63. The maximum atomic E-state index is 6.20. The number of rotatable bonds is 3. The molecule has 1 aromatic heterocycles. The fourth-order valence-electron chi connectivity index (χ4n) is 1.60. The summed E-state index contributed by atoms with van der Waals surface area (Å²) in [6, 6.07) is 0. The Morgan fingerprint density at radius 3 is 3.08 bits per heavy atom. The van der Waals surface area contributed by atoms with Crippen LogP contribution in [0.3, 0.4) is 0 Å². The normalized spacial score (nSPS) is 30.2. The predicted molar refractivity (Wildman–Crippen MR) is 49.2 cm³/mol. The Kier molecular flexibility index (Phi) is 2.09. The van der Waals surface area contributed by atoms with Crippen LogP contribution in [0.5, 0.6) is 0 Å². The van der Waals surface area contributed by atoms with E-state index in [1.165, 1.54) is 6.42 Å². The average Bonchev–Trinajstić information content (AvgIpc) is 2.58. The number of aromatic nitrogens is 2. The Labute approximate surface area is 77.3 Å². The molecule has 3 unspecified atom stereocenters. The lowest BCUT2D eigenvalue weighted by Gasteiger charge is -2.04. The number of H-pyrrole nitrogens is 1. The van der Waals surface area contributed by atoms with Crippen molar-refractivity contribution in [1.82, 2.24) is 9.97 Å². The molecule has 0 amide bonds. The molecule has 0 aromatic carbocycles. The molecule has 0 radical (unpaired) electrons. The summed E-state index contributed by atoms with van der Waals surface area (Å²) in [7, 11) is 0. The first kappa shape index (κ1) is 8.11. The van der Waals surface area contributed by atoms with E-state index in [0.717, 1.165) is 24.1 Å². The molecular formula is C9H13ClN2. The number of imidazole rings is 1. The first-order valence-electron chi connectivity index (χ1n) is 4.39. The first-order valence-corrected chi connectivity index (χ1v) is 4.83. The van der Waals surface area contributed by atoms with E-state index in [9.17, 15) is 0 Å². The van der Waals surface area contributed by atoms with E-state index in [0.29, 0.717) is 0 Å². The lowest BCUT2D eigenvalue weighted by Crippen LogP contribution is -2.08. The highest BCUT2D eigenvalue weighted by atomic mass is 35.5. The van der Waals surface area contributed by atoms with Crippen molar-refractivity contribution in [3.05, 3.63) is 18.2 Å². The zero-order chi connectivity index (χ0) is 8.55. The summed E-state index contributed by atoms with van der Waals surface area (Å²) in [5, 5.41) is 0.270.